The van der Waals surface area contributed by atoms with Crippen molar-refractivity contribution >= 4 is 0 Å². The van der Waals surface area contributed by atoms with E-state index in [2.05, 4.69) is 13.8 Å². The molecule has 1 aliphatic rings. The molecule has 1 heteroatoms. The zero-order valence-corrected chi connectivity index (χ0v) is 9.18. The van der Waals surface area contributed by atoms with Crippen molar-refractivity contribution < 1.29 is 5.11 Å². The van der Waals surface area contributed by atoms with Crippen molar-refractivity contribution in [3.05, 3.63) is 0 Å². The molecule has 1 rings (SSSR count). The SMILES string of the molecule is CCCCC(CC)(CO)C1CCC1. The highest BCUT2D eigenvalue weighted by Crippen LogP contribution is 2.47. The van der Waals surface area contributed by atoms with Crippen LogP contribution in [0.5, 0.6) is 0 Å². The molecule has 1 atom stereocenters. The molecule has 0 saturated heterocycles. The molecule has 13 heavy (non-hydrogen) atoms. The minimum absolute atomic E-state index is 0.286. The van der Waals surface area contributed by atoms with Crippen LogP contribution in [0.25, 0.3) is 0 Å². The molecule has 1 fully saturated rings. The van der Waals surface area contributed by atoms with E-state index in [0.717, 1.165) is 12.3 Å². The lowest BCUT2D eigenvalue weighted by atomic mass is 9.62. The molecule has 0 aromatic heterocycles. The van der Waals surface area contributed by atoms with Crippen LogP contribution < -0.4 is 0 Å². The van der Waals surface area contributed by atoms with E-state index >= 15 is 0 Å². The Balaban J connectivity index is 2.49. The van der Waals surface area contributed by atoms with Gasteiger partial charge in [0.1, 0.15) is 0 Å². The van der Waals surface area contributed by atoms with E-state index in [1.807, 2.05) is 0 Å². The van der Waals surface area contributed by atoms with Gasteiger partial charge in [-0.2, -0.15) is 0 Å². The van der Waals surface area contributed by atoms with Gasteiger partial charge in [-0.25, -0.2) is 0 Å². The van der Waals surface area contributed by atoms with Crippen LogP contribution in [0.2, 0.25) is 0 Å². The van der Waals surface area contributed by atoms with E-state index < -0.39 is 0 Å². The summed E-state index contributed by atoms with van der Waals surface area (Å²) in [5.41, 5.74) is 0.286. The molecular weight excluding hydrogens is 160 g/mol. The summed E-state index contributed by atoms with van der Waals surface area (Å²) >= 11 is 0. The van der Waals surface area contributed by atoms with Gasteiger partial charge in [-0.05, 0) is 37.0 Å². The second kappa shape index (κ2) is 4.99. The lowest BCUT2D eigenvalue weighted by molar-refractivity contribution is 0.00544. The van der Waals surface area contributed by atoms with Crippen molar-refractivity contribution in [1.29, 1.82) is 0 Å². The molecule has 1 aliphatic carbocycles. The Hall–Kier alpha value is -0.0400. The molecule has 0 radical (unpaired) electrons. The number of unbranched alkanes of at least 4 members (excludes halogenated alkanes) is 1. The van der Waals surface area contributed by atoms with Crippen LogP contribution in [-0.4, -0.2) is 11.7 Å². The Bertz CT molecular complexity index is 134. The largest absolute Gasteiger partial charge is 0.396 e. The molecule has 1 saturated carbocycles. The van der Waals surface area contributed by atoms with E-state index in [4.69, 9.17) is 0 Å². The van der Waals surface area contributed by atoms with Gasteiger partial charge in [0.15, 0.2) is 0 Å². The molecule has 0 heterocycles. The highest BCUT2D eigenvalue weighted by atomic mass is 16.3. The Morgan fingerprint density at radius 1 is 1.31 bits per heavy atom. The average Bonchev–Trinajstić information content (AvgIpc) is 2.09. The predicted octanol–water partition coefficient (Wildman–Crippen LogP) is 3.37. The predicted molar refractivity (Wildman–Crippen MR) is 56.7 cm³/mol. The molecule has 0 aromatic carbocycles. The third kappa shape index (κ3) is 2.25. The van der Waals surface area contributed by atoms with Crippen LogP contribution in [0.1, 0.15) is 58.8 Å². The number of rotatable bonds is 6. The lowest BCUT2D eigenvalue weighted by Gasteiger charge is -2.44. The maximum Gasteiger partial charge on any atom is 0.0489 e. The summed E-state index contributed by atoms with van der Waals surface area (Å²) in [4.78, 5) is 0. The van der Waals surface area contributed by atoms with Crippen LogP contribution in [0.4, 0.5) is 0 Å². The second-order valence-electron chi connectivity index (χ2n) is 4.61. The first-order valence-electron chi connectivity index (χ1n) is 5.90. The fraction of sp³-hybridized carbons (Fsp3) is 1.00. The van der Waals surface area contributed by atoms with Gasteiger partial charge in [0.2, 0.25) is 0 Å². The Labute approximate surface area is 82.5 Å². The molecule has 0 bridgehead atoms. The van der Waals surface area contributed by atoms with Gasteiger partial charge in [0, 0.05) is 6.61 Å². The average molecular weight is 184 g/mol. The summed E-state index contributed by atoms with van der Waals surface area (Å²) in [6.45, 7) is 4.89. The zero-order valence-electron chi connectivity index (χ0n) is 9.18. The minimum Gasteiger partial charge on any atom is -0.396 e. The van der Waals surface area contributed by atoms with E-state index in [0.29, 0.717) is 6.61 Å². The number of hydrogen-bond donors (Lipinski definition) is 1. The Morgan fingerprint density at radius 2 is 2.00 bits per heavy atom. The quantitative estimate of drug-likeness (QED) is 0.671. The van der Waals surface area contributed by atoms with Gasteiger partial charge in [-0.3, -0.25) is 0 Å². The molecule has 1 nitrogen and oxygen atoms in total. The molecule has 0 aliphatic heterocycles. The summed E-state index contributed by atoms with van der Waals surface area (Å²) < 4.78 is 0. The third-order valence-corrected chi connectivity index (χ3v) is 4.02. The van der Waals surface area contributed by atoms with Crippen LogP contribution >= 0.6 is 0 Å². The Kier molecular flexibility index (Phi) is 4.24. The first-order chi connectivity index (χ1) is 6.29. The zero-order chi connectivity index (χ0) is 9.73. The number of aliphatic hydroxyl groups is 1. The first-order valence-corrected chi connectivity index (χ1v) is 5.90. The Morgan fingerprint density at radius 3 is 2.31 bits per heavy atom. The molecule has 78 valence electrons. The van der Waals surface area contributed by atoms with Gasteiger partial charge in [-0.15, -0.1) is 0 Å². The van der Waals surface area contributed by atoms with E-state index in [1.165, 1.54) is 38.5 Å². The van der Waals surface area contributed by atoms with Crippen molar-refractivity contribution in [3.8, 4) is 0 Å². The van der Waals surface area contributed by atoms with Crippen molar-refractivity contribution in [2.75, 3.05) is 6.61 Å². The number of hydrogen-bond acceptors (Lipinski definition) is 1. The standard InChI is InChI=1S/C12H24O/c1-3-5-9-12(4-2,10-13)11-7-6-8-11/h11,13H,3-10H2,1-2H3. The maximum absolute atomic E-state index is 9.54. The first kappa shape index (κ1) is 11.0. The third-order valence-electron chi connectivity index (χ3n) is 4.02. The summed E-state index contributed by atoms with van der Waals surface area (Å²) in [6, 6.07) is 0. The van der Waals surface area contributed by atoms with Gasteiger partial charge < -0.3 is 5.11 Å². The molecule has 0 amide bonds. The fourth-order valence-corrected chi connectivity index (χ4v) is 2.54. The highest BCUT2D eigenvalue weighted by molar-refractivity contribution is 4.89. The normalized spacial score (nSPS) is 22.4. The summed E-state index contributed by atoms with van der Waals surface area (Å²) in [5.74, 6) is 0.828. The van der Waals surface area contributed by atoms with Crippen molar-refractivity contribution in [3.63, 3.8) is 0 Å². The van der Waals surface area contributed by atoms with Crippen molar-refractivity contribution in [2.24, 2.45) is 11.3 Å². The van der Waals surface area contributed by atoms with Gasteiger partial charge in [-0.1, -0.05) is 33.1 Å². The summed E-state index contributed by atoms with van der Waals surface area (Å²) in [7, 11) is 0. The van der Waals surface area contributed by atoms with Crippen molar-refractivity contribution in [2.45, 2.75) is 58.8 Å². The van der Waals surface area contributed by atoms with Crippen LogP contribution in [0, 0.1) is 11.3 Å². The second-order valence-corrected chi connectivity index (χ2v) is 4.61. The van der Waals surface area contributed by atoms with E-state index in [1.54, 1.807) is 0 Å². The molecule has 0 spiro atoms. The minimum atomic E-state index is 0.286. The molecular formula is C12H24O. The van der Waals surface area contributed by atoms with Crippen LogP contribution in [-0.2, 0) is 0 Å². The van der Waals surface area contributed by atoms with E-state index in [-0.39, 0.29) is 5.41 Å². The van der Waals surface area contributed by atoms with Crippen LogP contribution in [0.15, 0.2) is 0 Å². The lowest BCUT2D eigenvalue weighted by Crippen LogP contribution is -2.37. The topological polar surface area (TPSA) is 20.2 Å². The smallest absolute Gasteiger partial charge is 0.0489 e. The molecule has 1 unspecified atom stereocenters. The molecule has 1 N–H and O–H groups in total. The molecule has 0 aromatic rings. The monoisotopic (exact) mass is 184 g/mol. The summed E-state index contributed by atoms with van der Waals surface area (Å²) in [6.07, 6.45) is 9.05. The highest BCUT2D eigenvalue weighted by Gasteiger charge is 2.39. The number of aliphatic hydroxyl groups excluding tert-OH is 1. The van der Waals surface area contributed by atoms with Gasteiger partial charge >= 0.3 is 0 Å². The van der Waals surface area contributed by atoms with Gasteiger partial charge in [0.05, 0.1) is 0 Å². The fourth-order valence-electron chi connectivity index (χ4n) is 2.54. The van der Waals surface area contributed by atoms with Crippen molar-refractivity contribution in [1.82, 2.24) is 0 Å². The maximum atomic E-state index is 9.54. The summed E-state index contributed by atoms with van der Waals surface area (Å²) in [5, 5.41) is 9.54. The van der Waals surface area contributed by atoms with E-state index in [9.17, 15) is 5.11 Å². The van der Waals surface area contributed by atoms with Gasteiger partial charge in [0.25, 0.3) is 0 Å². The van der Waals surface area contributed by atoms with Crippen LogP contribution in [0.3, 0.4) is 0 Å².